The average molecular weight is 453 g/mol. The SMILES string of the molecule is COc1nn(C)c(=O)n1-c1ccccc1CON=C(SC)c1ccc(Cl)c(Cl)c1. The van der Waals surface area contributed by atoms with E-state index in [1.54, 1.807) is 25.2 Å². The van der Waals surface area contributed by atoms with Crippen molar-refractivity contribution in [3.63, 3.8) is 0 Å². The summed E-state index contributed by atoms with van der Waals surface area (Å²) in [6.45, 7) is 0.145. The molecule has 3 aromatic rings. The summed E-state index contributed by atoms with van der Waals surface area (Å²) in [5.74, 6) is 0. The highest BCUT2D eigenvalue weighted by Crippen LogP contribution is 2.25. The van der Waals surface area contributed by atoms with Crippen LogP contribution in [0.2, 0.25) is 10.0 Å². The molecule has 1 aromatic heterocycles. The number of methoxy groups -OCH3 is 1. The van der Waals surface area contributed by atoms with E-state index in [9.17, 15) is 4.79 Å². The molecule has 7 nitrogen and oxygen atoms in total. The fraction of sp³-hybridized carbons (Fsp3) is 0.211. The molecule has 152 valence electrons. The van der Waals surface area contributed by atoms with Crippen molar-refractivity contribution in [1.29, 1.82) is 0 Å². The molecule has 0 spiro atoms. The third-order valence-corrected chi connectivity index (χ3v) is 5.47. The first kappa shape index (κ1) is 21.3. The van der Waals surface area contributed by atoms with Crippen molar-refractivity contribution in [2.24, 2.45) is 12.2 Å². The first-order chi connectivity index (χ1) is 14.0. The quantitative estimate of drug-likeness (QED) is 0.319. The molecule has 0 aliphatic heterocycles. The zero-order chi connectivity index (χ0) is 21.0. The highest BCUT2D eigenvalue weighted by atomic mass is 35.5. The average Bonchev–Trinajstić information content (AvgIpc) is 3.01. The van der Waals surface area contributed by atoms with Gasteiger partial charge in [0.05, 0.1) is 22.8 Å². The minimum Gasteiger partial charge on any atom is -0.467 e. The molecule has 29 heavy (non-hydrogen) atoms. The van der Waals surface area contributed by atoms with E-state index < -0.39 is 0 Å². The molecule has 0 aliphatic carbocycles. The van der Waals surface area contributed by atoms with Crippen LogP contribution in [0, 0.1) is 0 Å². The van der Waals surface area contributed by atoms with Crippen molar-refractivity contribution < 1.29 is 9.57 Å². The minimum atomic E-state index is -0.321. The van der Waals surface area contributed by atoms with Gasteiger partial charge in [-0.3, -0.25) is 0 Å². The lowest BCUT2D eigenvalue weighted by Crippen LogP contribution is -2.22. The van der Waals surface area contributed by atoms with Crippen molar-refractivity contribution in [1.82, 2.24) is 14.3 Å². The summed E-state index contributed by atoms with van der Waals surface area (Å²) in [6, 6.07) is 12.8. The largest absolute Gasteiger partial charge is 0.467 e. The summed E-state index contributed by atoms with van der Waals surface area (Å²) in [6.07, 6.45) is 1.89. The second-order valence-corrected chi connectivity index (χ2v) is 7.47. The topological polar surface area (TPSA) is 70.6 Å². The van der Waals surface area contributed by atoms with Gasteiger partial charge in [-0.25, -0.2) is 14.0 Å². The molecule has 0 fully saturated rings. The first-order valence-corrected chi connectivity index (χ1v) is 10.4. The smallest absolute Gasteiger partial charge is 0.353 e. The van der Waals surface area contributed by atoms with Crippen LogP contribution in [0.15, 0.2) is 52.4 Å². The van der Waals surface area contributed by atoms with Crippen LogP contribution in [-0.2, 0) is 18.5 Å². The van der Waals surface area contributed by atoms with Crippen molar-refractivity contribution in [2.75, 3.05) is 13.4 Å². The van der Waals surface area contributed by atoms with E-state index in [4.69, 9.17) is 32.8 Å². The molecule has 0 radical (unpaired) electrons. The van der Waals surface area contributed by atoms with Crippen molar-refractivity contribution >= 4 is 40.0 Å². The summed E-state index contributed by atoms with van der Waals surface area (Å²) < 4.78 is 7.83. The maximum atomic E-state index is 12.5. The van der Waals surface area contributed by atoms with Gasteiger partial charge in [-0.2, -0.15) is 0 Å². The van der Waals surface area contributed by atoms with Crippen LogP contribution < -0.4 is 10.4 Å². The lowest BCUT2D eigenvalue weighted by atomic mass is 10.2. The zero-order valence-electron chi connectivity index (χ0n) is 15.9. The summed E-state index contributed by atoms with van der Waals surface area (Å²) in [5.41, 5.74) is 1.83. The predicted octanol–water partition coefficient (Wildman–Crippen LogP) is 4.13. The lowest BCUT2D eigenvalue weighted by Gasteiger charge is -2.10. The summed E-state index contributed by atoms with van der Waals surface area (Å²) in [4.78, 5) is 18.0. The second-order valence-electron chi connectivity index (χ2n) is 5.86. The number of aryl methyl sites for hydroxylation is 1. The molecule has 0 unspecified atom stereocenters. The normalized spacial score (nSPS) is 11.6. The number of hydrogen-bond acceptors (Lipinski definition) is 6. The van der Waals surface area contributed by atoms with Gasteiger partial charge in [-0.15, -0.1) is 16.9 Å². The fourth-order valence-corrected chi connectivity index (χ4v) is 3.42. The van der Waals surface area contributed by atoms with Crippen LogP contribution in [0.3, 0.4) is 0 Å². The Morgan fingerprint density at radius 3 is 2.66 bits per heavy atom. The van der Waals surface area contributed by atoms with Gasteiger partial charge in [-0.1, -0.05) is 52.6 Å². The van der Waals surface area contributed by atoms with Crippen molar-refractivity contribution in [3.05, 3.63) is 74.1 Å². The molecule has 0 atom stereocenters. The summed E-state index contributed by atoms with van der Waals surface area (Å²) in [7, 11) is 3.02. The van der Waals surface area contributed by atoms with Gasteiger partial charge in [-0.05, 0) is 24.5 Å². The van der Waals surface area contributed by atoms with Gasteiger partial charge in [0.2, 0.25) is 0 Å². The Hall–Kier alpha value is -2.42. The number of ether oxygens (including phenoxy) is 1. The van der Waals surface area contributed by atoms with Crippen LogP contribution in [0.4, 0.5) is 0 Å². The Kier molecular flexibility index (Phi) is 6.89. The molecule has 0 N–H and O–H groups in total. The maximum Gasteiger partial charge on any atom is 0.353 e. The van der Waals surface area contributed by atoms with Gasteiger partial charge < -0.3 is 9.57 Å². The van der Waals surface area contributed by atoms with E-state index in [0.717, 1.165) is 11.1 Å². The number of nitrogens with zero attached hydrogens (tertiary/aromatic N) is 4. The standard InChI is InChI=1S/C19H18Cl2N4O3S/c1-24-19(26)25(18(22-24)27-2)16-7-5-4-6-13(16)11-28-23-17(29-3)12-8-9-14(20)15(21)10-12/h4-10H,11H2,1-3H3. The Morgan fingerprint density at radius 2 is 1.97 bits per heavy atom. The number of benzene rings is 2. The van der Waals surface area contributed by atoms with E-state index in [2.05, 4.69) is 10.3 Å². The number of oxime groups is 1. The Balaban J connectivity index is 1.88. The highest BCUT2D eigenvalue weighted by molar-refractivity contribution is 8.13. The van der Waals surface area contributed by atoms with Crippen LogP contribution >= 0.6 is 35.0 Å². The molecule has 3 rings (SSSR count). The molecule has 2 aromatic carbocycles. The van der Waals surface area contributed by atoms with E-state index >= 15 is 0 Å². The Bertz CT molecular complexity index is 1110. The fourth-order valence-electron chi connectivity index (χ4n) is 2.63. The van der Waals surface area contributed by atoms with Crippen LogP contribution in [0.5, 0.6) is 6.01 Å². The summed E-state index contributed by atoms with van der Waals surface area (Å²) in [5, 5.41) is 9.86. The lowest BCUT2D eigenvalue weighted by molar-refractivity contribution is 0.131. The number of aromatic nitrogens is 3. The summed E-state index contributed by atoms with van der Waals surface area (Å²) >= 11 is 13.5. The molecule has 10 heteroatoms. The second kappa shape index (κ2) is 9.39. The third-order valence-electron chi connectivity index (χ3n) is 4.04. The van der Waals surface area contributed by atoms with Gasteiger partial charge in [0.1, 0.15) is 11.7 Å². The number of hydrogen-bond donors (Lipinski definition) is 0. The van der Waals surface area contributed by atoms with Gasteiger partial charge in [0.15, 0.2) is 0 Å². The first-order valence-electron chi connectivity index (χ1n) is 8.44. The monoisotopic (exact) mass is 452 g/mol. The molecule has 0 amide bonds. The van der Waals surface area contributed by atoms with Gasteiger partial charge in [0, 0.05) is 18.2 Å². The number of thioether (sulfide) groups is 1. The molecule has 0 saturated heterocycles. The number of rotatable bonds is 6. The zero-order valence-corrected chi connectivity index (χ0v) is 18.3. The van der Waals surface area contributed by atoms with E-state index in [-0.39, 0.29) is 18.3 Å². The molecular weight excluding hydrogens is 435 g/mol. The molecule has 0 saturated carbocycles. The molecule has 0 aliphatic rings. The molecule has 0 bridgehead atoms. The third kappa shape index (κ3) is 4.60. The maximum absolute atomic E-state index is 12.5. The van der Waals surface area contributed by atoms with Crippen LogP contribution in [0.25, 0.3) is 5.69 Å². The van der Waals surface area contributed by atoms with Crippen LogP contribution in [-0.4, -0.2) is 32.8 Å². The van der Waals surface area contributed by atoms with E-state index in [1.807, 2.05) is 30.5 Å². The van der Waals surface area contributed by atoms with E-state index in [1.165, 1.54) is 28.1 Å². The van der Waals surface area contributed by atoms with Gasteiger partial charge >= 0.3 is 11.7 Å². The van der Waals surface area contributed by atoms with Crippen LogP contribution in [0.1, 0.15) is 11.1 Å². The Labute approximate surface area is 181 Å². The Morgan fingerprint density at radius 1 is 1.21 bits per heavy atom. The number of halogens is 2. The van der Waals surface area contributed by atoms with Crippen molar-refractivity contribution in [2.45, 2.75) is 6.61 Å². The predicted molar refractivity (Wildman–Crippen MR) is 117 cm³/mol. The molecule has 1 heterocycles. The minimum absolute atomic E-state index is 0.145. The number of para-hydroxylation sites is 1. The van der Waals surface area contributed by atoms with E-state index in [0.29, 0.717) is 20.8 Å². The van der Waals surface area contributed by atoms with Crippen molar-refractivity contribution in [3.8, 4) is 11.7 Å². The van der Waals surface area contributed by atoms with Gasteiger partial charge in [0.25, 0.3) is 0 Å². The molecular formula is C19H18Cl2N4O3S. The highest BCUT2D eigenvalue weighted by Gasteiger charge is 2.16.